The Balaban J connectivity index is 1.78. The number of esters is 1. The summed E-state index contributed by atoms with van der Waals surface area (Å²) in [6.07, 6.45) is 6.40. The van der Waals surface area contributed by atoms with Crippen LogP contribution in [0.5, 0.6) is 5.75 Å². The summed E-state index contributed by atoms with van der Waals surface area (Å²) in [7, 11) is 1.66. The Morgan fingerprint density at radius 2 is 1.97 bits per heavy atom. The lowest BCUT2D eigenvalue weighted by atomic mass is 9.86. The molecule has 6 heteroatoms. The van der Waals surface area contributed by atoms with Crippen LogP contribution in [0.4, 0.5) is 0 Å². The number of ether oxygens (including phenoxy) is 3. The average molecular weight is 440 g/mol. The van der Waals surface area contributed by atoms with E-state index in [0.29, 0.717) is 30.4 Å². The number of hydrogen-bond acceptors (Lipinski definition) is 5. The lowest BCUT2D eigenvalue weighted by Gasteiger charge is -2.34. The van der Waals surface area contributed by atoms with Gasteiger partial charge in [-0.05, 0) is 56.2 Å². The molecule has 0 spiro atoms. The molecule has 32 heavy (non-hydrogen) atoms. The van der Waals surface area contributed by atoms with E-state index in [1.54, 1.807) is 13.2 Å². The van der Waals surface area contributed by atoms with Gasteiger partial charge in [-0.15, -0.1) is 0 Å². The summed E-state index contributed by atoms with van der Waals surface area (Å²) in [6, 6.07) is 5.76. The highest BCUT2D eigenvalue weighted by Crippen LogP contribution is 2.40. The molecule has 1 fully saturated rings. The van der Waals surface area contributed by atoms with Crippen LogP contribution >= 0.6 is 0 Å². The lowest BCUT2D eigenvalue weighted by molar-refractivity contribution is 0.00862. The van der Waals surface area contributed by atoms with Crippen LogP contribution in [-0.2, 0) is 15.9 Å². The van der Waals surface area contributed by atoms with E-state index >= 15 is 0 Å². The summed E-state index contributed by atoms with van der Waals surface area (Å²) >= 11 is 0. The van der Waals surface area contributed by atoms with Crippen molar-refractivity contribution in [1.82, 2.24) is 4.57 Å². The van der Waals surface area contributed by atoms with Crippen molar-refractivity contribution in [3.8, 4) is 17.0 Å². The molecular weight excluding hydrogens is 406 g/mol. The van der Waals surface area contributed by atoms with Gasteiger partial charge in [-0.25, -0.2) is 4.79 Å². The van der Waals surface area contributed by atoms with Gasteiger partial charge in [-0.2, -0.15) is 0 Å². The van der Waals surface area contributed by atoms with Gasteiger partial charge in [0, 0.05) is 49.6 Å². The molecule has 1 atom stereocenters. The van der Waals surface area contributed by atoms with Crippen molar-refractivity contribution in [2.45, 2.75) is 65.0 Å². The fourth-order valence-electron chi connectivity index (χ4n) is 4.42. The zero-order valence-electron chi connectivity index (χ0n) is 19.5. The Morgan fingerprint density at radius 3 is 2.62 bits per heavy atom. The second kappa shape index (κ2) is 9.49. The Morgan fingerprint density at radius 1 is 1.19 bits per heavy atom. The van der Waals surface area contributed by atoms with Gasteiger partial charge in [-0.3, -0.25) is 4.79 Å². The third-order valence-electron chi connectivity index (χ3n) is 6.60. The maximum Gasteiger partial charge on any atom is 0.342 e. The van der Waals surface area contributed by atoms with E-state index in [4.69, 9.17) is 14.2 Å². The van der Waals surface area contributed by atoms with Crippen LogP contribution in [0.3, 0.4) is 0 Å². The van der Waals surface area contributed by atoms with Gasteiger partial charge in [0.25, 0.3) is 0 Å². The summed E-state index contributed by atoms with van der Waals surface area (Å²) in [5.41, 5.74) is 4.01. The first-order chi connectivity index (χ1) is 15.4. The standard InChI is InChI=1S/C26H33NO5/c1-16(2)22-11-18-12-25(31-10-6-9-30-4)21(26(29)32-19-7-5-8-19)13-20(18)23-14-24(28)17(3)15-27(22)23/h12-16,19,22H,5-11H2,1-4H3. The Kier molecular flexibility index (Phi) is 6.70. The lowest BCUT2D eigenvalue weighted by Crippen LogP contribution is -2.28. The summed E-state index contributed by atoms with van der Waals surface area (Å²) in [5.74, 6) is 0.582. The minimum atomic E-state index is -0.355. The topological polar surface area (TPSA) is 66.8 Å². The first kappa shape index (κ1) is 22.6. The van der Waals surface area contributed by atoms with Crippen LogP contribution in [0.2, 0.25) is 0 Å². The molecule has 0 amide bonds. The van der Waals surface area contributed by atoms with Crippen LogP contribution in [0.15, 0.2) is 29.2 Å². The van der Waals surface area contributed by atoms with Gasteiger partial charge in [0.05, 0.1) is 12.3 Å². The van der Waals surface area contributed by atoms with Crippen LogP contribution in [-0.4, -0.2) is 37.0 Å². The van der Waals surface area contributed by atoms with Gasteiger partial charge in [0.1, 0.15) is 17.4 Å². The maximum atomic E-state index is 13.1. The molecule has 6 nitrogen and oxygen atoms in total. The fourth-order valence-corrected chi connectivity index (χ4v) is 4.42. The van der Waals surface area contributed by atoms with Crippen LogP contribution < -0.4 is 10.2 Å². The number of aryl methyl sites for hydroxylation is 1. The predicted octanol–water partition coefficient (Wildman–Crippen LogP) is 4.70. The van der Waals surface area contributed by atoms with Gasteiger partial charge in [0.15, 0.2) is 5.43 Å². The monoisotopic (exact) mass is 439 g/mol. The molecule has 1 aromatic carbocycles. The smallest absolute Gasteiger partial charge is 0.342 e. The highest BCUT2D eigenvalue weighted by molar-refractivity contribution is 5.95. The number of carbonyl (C=O) groups excluding carboxylic acids is 1. The van der Waals surface area contributed by atoms with E-state index in [0.717, 1.165) is 54.5 Å². The van der Waals surface area contributed by atoms with Crippen molar-refractivity contribution in [1.29, 1.82) is 0 Å². The van der Waals surface area contributed by atoms with Gasteiger partial charge < -0.3 is 18.8 Å². The van der Waals surface area contributed by atoms with E-state index < -0.39 is 0 Å². The fraction of sp³-hybridized carbons (Fsp3) is 0.538. The second-order valence-electron chi connectivity index (χ2n) is 9.29. The number of rotatable bonds is 8. The largest absolute Gasteiger partial charge is 0.493 e. The van der Waals surface area contributed by atoms with Crippen molar-refractivity contribution >= 4 is 5.97 Å². The van der Waals surface area contributed by atoms with Crippen molar-refractivity contribution in [2.24, 2.45) is 5.92 Å². The highest BCUT2D eigenvalue weighted by atomic mass is 16.5. The van der Waals surface area contributed by atoms with Gasteiger partial charge >= 0.3 is 5.97 Å². The number of hydrogen-bond donors (Lipinski definition) is 0. The predicted molar refractivity (Wildman–Crippen MR) is 123 cm³/mol. The molecule has 0 bridgehead atoms. The van der Waals surface area contributed by atoms with Crippen LogP contribution in [0.25, 0.3) is 11.3 Å². The second-order valence-corrected chi connectivity index (χ2v) is 9.29. The van der Waals surface area contributed by atoms with Crippen molar-refractivity contribution in [3.05, 3.63) is 51.3 Å². The molecule has 1 aromatic heterocycles. The third kappa shape index (κ3) is 4.46. The van der Waals surface area contributed by atoms with E-state index in [9.17, 15) is 9.59 Å². The van der Waals surface area contributed by atoms with Crippen molar-refractivity contribution < 1.29 is 19.0 Å². The highest BCUT2D eigenvalue weighted by Gasteiger charge is 2.30. The minimum Gasteiger partial charge on any atom is -0.493 e. The number of fused-ring (bicyclic) bond motifs is 3. The van der Waals surface area contributed by atoms with Gasteiger partial charge in [0.2, 0.25) is 0 Å². The Hall–Kier alpha value is -2.60. The number of nitrogens with zero attached hydrogens (tertiary/aromatic N) is 1. The Bertz CT molecular complexity index is 1050. The zero-order valence-corrected chi connectivity index (χ0v) is 19.5. The van der Waals surface area contributed by atoms with E-state index in [2.05, 4.69) is 18.4 Å². The average Bonchev–Trinajstić information content (AvgIpc) is 2.73. The molecule has 1 aliphatic carbocycles. The van der Waals surface area contributed by atoms with E-state index in [-0.39, 0.29) is 23.5 Å². The van der Waals surface area contributed by atoms with E-state index in [1.165, 1.54) is 0 Å². The molecule has 0 N–H and O–H groups in total. The first-order valence-electron chi connectivity index (χ1n) is 11.6. The van der Waals surface area contributed by atoms with Crippen LogP contribution in [0, 0.1) is 12.8 Å². The molecule has 0 radical (unpaired) electrons. The number of carbonyl (C=O) groups is 1. The third-order valence-corrected chi connectivity index (χ3v) is 6.60. The summed E-state index contributed by atoms with van der Waals surface area (Å²) < 4.78 is 19.1. The van der Waals surface area contributed by atoms with Crippen LogP contribution in [0.1, 0.15) is 67.1 Å². The molecule has 2 aromatic rings. The maximum absolute atomic E-state index is 13.1. The van der Waals surface area contributed by atoms with Gasteiger partial charge in [-0.1, -0.05) is 13.8 Å². The molecular formula is C26H33NO5. The number of methoxy groups -OCH3 is 1. The Labute approximate surface area is 189 Å². The summed E-state index contributed by atoms with van der Waals surface area (Å²) in [6.45, 7) is 7.29. The number of pyridine rings is 1. The molecule has 172 valence electrons. The zero-order chi connectivity index (χ0) is 22.8. The molecule has 1 saturated carbocycles. The molecule has 4 rings (SSSR count). The first-order valence-corrected chi connectivity index (χ1v) is 11.6. The molecule has 2 heterocycles. The molecule has 1 aliphatic heterocycles. The van der Waals surface area contributed by atoms with Crippen molar-refractivity contribution in [2.75, 3.05) is 20.3 Å². The SMILES string of the molecule is COCCCOc1cc2c(cc1C(=O)OC1CCC1)-c1cc(=O)c(C)cn1C(C(C)C)C2. The normalized spacial score (nSPS) is 17.5. The number of benzene rings is 1. The molecule has 0 saturated heterocycles. The summed E-state index contributed by atoms with van der Waals surface area (Å²) in [4.78, 5) is 25.6. The quantitative estimate of drug-likeness (QED) is 0.441. The molecule has 1 unspecified atom stereocenters. The minimum absolute atomic E-state index is 0.00472. The number of aromatic nitrogens is 1. The van der Waals surface area contributed by atoms with Crippen molar-refractivity contribution in [3.63, 3.8) is 0 Å². The van der Waals surface area contributed by atoms with E-state index in [1.807, 2.05) is 25.3 Å². The summed E-state index contributed by atoms with van der Waals surface area (Å²) in [5, 5.41) is 0. The molecule has 2 aliphatic rings.